The van der Waals surface area contributed by atoms with Gasteiger partial charge in [0.2, 0.25) is 20.0 Å². The molecule has 0 saturated carbocycles. The van der Waals surface area contributed by atoms with Crippen LogP contribution in [0, 0.1) is 0 Å². The number of sulfonamides is 2. The van der Waals surface area contributed by atoms with E-state index in [0.717, 1.165) is 0 Å². The summed E-state index contributed by atoms with van der Waals surface area (Å²) in [5.41, 5.74) is 0. The molecule has 0 unspecified atom stereocenters. The lowest BCUT2D eigenvalue weighted by atomic mass is 10.2. The number of rotatable bonds is 11. The lowest BCUT2D eigenvalue weighted by Crippen LogP contribution is -2.43. The maximum atomic E-state index is 12.0. The van der Waals surface area contributed by atoms with E-state index in [1.54, 1.807) is 18.2 Å². The Hall–Kier alpha value is -1.00. The summed E-state index contributed by atoms with van der Waals surface area (Å²) in [6, 6.07) is 8.50. The molecule has 0 atom stereocenters. The molecule has 0 saturated heterocycles. The third-order valence-electron chi connectivity index (χ3n) is 3.73. The highest BCUT2D eigenvalue weighted by Gasteiger charge is 2.17. The predicted octanol–water partition coefficient (Wildman–Crippen LogP) is 1.00. The summed E-state index contributed by atoms with van der Waals surface area (Å²) in [5.74, 6) is -0.303. The van der Waals surface area contributed by atoms with E-state index in [4.69, 9.17) is 0 Å². The van der Waals surface area contributed by atoms with Crippen LogP contribution < -0.4 is 9.44 Å². The van der Waals surface area contributed by atoms with Gasteiger partial charge in [0.05, 0.1) is 10.6 Å². The summed E-state index contributed by atoms with van der Waals surface area (Å²) >= 11 is 0. The first-order valence-electron chi connectivity index (χ1n) is 8.33. The van der Waals surface area contributed by atoms with Crippen molar-refractivity contribution in [2.75, 3.05) is 25.4 Å². The Bertz CT molecular complexity index is 709. The Morgan fingerprint density at radius 2 is 1.44 bits per heavy atom. The zero-order valence-electron chi connectivity index (χ0n) is 15.3. The fourth-order valence-corrected chi connectivity index (χ4v) is 4.61. The van der Waals surface area contributed by atoms with Gasteiger partial charge in [0, 0.05) is 31.7 Å². The first kappa shape index (κ1) is 22.0. The highest BCUT2D eigenvalue weighted by molar-refractivity contribution is 7.90. The molecule has 0 fully saturated rings. The first-order valence-corrected chi connectivity index (χ1v) is 11.5. The van der Waals surface area contributed by atoms with Crippen LogP contribution in [0.25, 0.3) is 0 Å². The molecule has 0 aliphatic heterocycles. The Morgan fingerprint density at radius 3 is 1.96 bits per heavy atom. The van der Waals surface area contributed by atoms with Gasteiger partial charge in [-0.05, 0) is 39.8 Å². The van der Waals surface area contributed by atoms with Crippen molar-refractivity contribution in [3.05, 3.63) is 30.3 Å². The van der Waals surface area contributed by atoms with E-state index in [9.17, 15) is 16.8 Å². The zero-order valence-corrected chi connectivity index (χ0v) is 16.9. The Balaban J connectivity index is 2.46. The zero-order chi connectivity index (χ0) is 19.1. The fourth-order valence-electron chi connectivity index (χ4n) is 2.51. The molecule has 25 heavy (non-hydrogen) atoms. The van der Waals surface area contributed by atoms with Gasteiger partial charge in [-0.25, -0.2) is 26.3 Å². The van der Waals surface area contributed by atoms with Gasteiger partial charge >= 0.3 is 0 Å². The number of hydrogen-bond acceptors (Lipinski definition) is 5. The number of hydrogen-bond donors (Lipinski definition) is 2. The van der Waals surface area contributed by atoms with Crippen LogP contribution in [0.15, 0.2) is 35.2 Å². The van der Waals surface area contributed by atoms with Crippen molar-refractivity contribution in [3.8, 4) is 0 Å². The highest BCUT2D eigenvalue weighted by Crippen LogP contribution is 2.06. The number of benzene rings is 1. The molecule has 1 rings (SSSR count). The average Bonchev–Trinajstić information content (AvgIpc) is 2.51. The molecule has 0 heterocycles. The van der Waals surface area contributed by atoms with Gasteiger partial charge in [0.25, 0.3) is 0 Å². The minimum absolute atomic E-state index is 0.116. The van der Waals surface area contributed by atoms with Gasteiger partial charge in [-0.3, -0.25) is 4.90 Å². The largest absolute Gasteiger partial charge is 0.297 e. The second-order valence-corrected chi connectivity index (χ2v) is 10.0. The molecule has 0 aromatic heterocycles. The minimum atomic E-state index is -3.69. The van der Waals surface area contributed by atoms with Crippen LogP contribution in [0.5, 0.6) is 0 Å². The second-order valence-electron chi connectivity index (χ2n) is 6.35. The van der Waals surface area contributed by atoms with Gasteiger partial charge in [0.15, 0.2) is 0 Å². The normalized spacial score (nSPS) is 13.1. The molecule has 9 heteroatoms. The van der Waals surface area contributed by atoms with Gasteiger partial charge in [-0.1, -0.05) is 18.2 Å². The molecule has 1 aromatic rings. The Kier molecular flexibility index (Phi) is 8.49. The van der Waals surface area contributed by atoms with Crippen LogP contribution in [-0.4, -0.2) is 59.2 Å². The minimum Gasteiger partial charge on any atom is -0.297 e. The van der Waals surface area contributed by atoms with Gasteiger partial charge in [-0.15, -0.1) is 0 Å². The quantitative estimate of drug-likeness (QED) is 0.587. The summed E-state index contributed by atoms with van der Waals surface area (Å²) in [7, 11) is -7.23. The topological polar surface area (TPSA) is 95.6 Å². The van der Waals surface area contributed by atoms with Crippen molar-refractivity contribution in [1.29, 1.82) is 0 Å². The summed E-state index contributed by atoms with van der Waals surface area (Å²) in [4.78, 5) is 2.30. The van der Waals surface area contributed by atoms with Crippen molar-refractivity contribution in [2.45, 2.75) is 44.7 Å². The number of nitrogens with zero attached hydrogens (tertiary/aromatic N) is 1. The molecule has 0 spiro atoms. The third kappa shape index (κ3) is 7.83. The van der Waals surface area contributed by atoms with Gasteiger partial charge in [0.1, 0.15) is 0 Å². The Labute approximate surface area is 151 Å². The molecule has 0 amide bonds. The smallest absolute Gasteiger partial charge is 0.240 e. The molecule has 0 bridgehead atoms. The van der Waals surface area contributed by atoms with E-state index in [0.29, 0.717) is 25.2 Å². The van der Waals surface area contributed by atoms with Crippen molar-refractivity contribution < 1.29 is 16.8 Å². The summed E-state index contributed by atoms with van der Waals surface area (Å²) in [5, 5.41) is 0. The maximum absolute atomic E-state index is 12.0. The van der Waals surface area contributed by atoms with Gasteiger partial charge < -0.3 is 0 Å². The van der Waals surface area contributed by atoms with Crippen LogP contribution in [0.1, 0.15) is 27.7 Å². The monoisotopic (exact) mass is 391 g/mol. The third-order valence-corrected chi connectivity index (χ3v) is 6.60. The van der Waals surface area contributed by atoms with Crippen LogP contribution >= 0.6 is 0 Å². The van der Waals surface area contributed by atoms with Crippen LogP contribution in [0.2, 0.25) is 0 Å². The van der Waals surface area contributed by atoms with E-state index in [1.165, 1.54) is 12.1 Å². The average molecular weight is 392 g/mol. The summed E-state index contributed by atoms with van der Waals surface area (Å²) < 4.78 is 52.9. The Morgan fingerprint density at radius 1 is 0.880 bits per heavy atom. The summed E-state index contributed by atoms with van der Waals surface area (Å²) in [6.45, 7) is 8.97. The fraction of sp³-hybridized carbons (Fsp3) is 0.625. The van der Waals surface area contributed by atoms with Crippen molar-refractivity contribution >= 4 is 20.0 Å². The van der Waals surface area contributed by atoms with Crippen molar-refractivity contribution in [2.24, 2.45) is 0 Å². The van der Waals surface area contributed by atoms with E-state index >= 15 is 0 Å². The molecule has 144 valence electrons. The van der Waals surface area contributed by atoms with E-state index < -0.39 is 20.0 Å². The molecule has 0 aliphatic rings. The van der Waals surface area contributed by atoms with Crippen LogP contribution in [-0.2, 0) is 20.0 Å². The molecule has 0 aliphatic carbocycles. The van der Waals surface area contributed by atoms with Crippen LogP contribution in [0.3, 0.4) is 0 Å². The van der Waals surface area contributed by atoms with E-state index in [2.05, 4.69) is 42.0 Å². The lowest BCUT2D eigenvalue weighted by molar-refractivity contribution is 0.179. The van der Waals surface area contributed by atoms with Crippen LogP contribution in [0.4, 0.5) is 0 Å². The highest BCUT2D eigenvalue weighted by atomic mass is 32.2. The maximum Gasteiger partial charge on any atom is 0.240 e. The lowest BCUT2D eigenvalue weighted by Gasteiger charge is -2.30. The first-order chi connectivity index (χ1) is 11.6. The van der Waals surface area contributed by atoms with E-state index in [-0.39, 0.29) is 17.2 Å². The molecular weight excluding hydrogens is 362 g/mol. The standard InChI is InChI=1S/C16H29N3O4S2/c1-14(2)19(15(3)4)12-10-17-24(20,21)13-11-18-25(22,23)16-8-6-5-7-9-16/h5-9,14-15,17-18H,10-13H2,1-4H3. The predicted molar refractivity (Wildman–Crippen MR) is 100 cm³/mol. The molecule has 2 N–H and O–H groups in total. The SMILES string of the molecule is CC(C)N(CCNS(=O)(=O)CCNS(=O)(=O)c1ccccc1)C(C)C. The van der Waals surface area contributed by atoms with E-state index in [1.807, 2.05) is 0 Å². The van der Waals surface area contributed by atoms with Gasteiger partial charge in [-0.2, -0.15) is 0 Å². The number of nitrogens with one attached hydrogen (secondary N) is 2. The molecule has 1 aromatic carbocycles. The molecule has 7 nitrogen and oxygen atoms in total. The second kappa shape index (κ2) is 9.63. The summed E-state index contributed by atoms with van der Waals surface area (Å²) in [6.07, 6.45) is 0. The molecular formula is C16H29N3O4S2. The van der Waals surface area contributed by atoms with Crippen molar-refractivity contribution in [3.63, 3.8) is 0 Å². The van der Waals surface area contributed by atoms with Crippen molar-refractivity contribution in [1.82, 2.24) is 14.3 Å². The molecule has 0 radical (unpaired) electrons.